The van der Waals surface area contributed by atoms with Gasteiger partial charge in [-0.1, -0.05) is 22.0 Å². The first-order valence-electron chi connectivity index (χ1n) is 5.40. The van der Waals surface area contributed by atoms with Crippen molar-refractivity contribution in [3.05, 3.63) is 52.5 Å². The van der Waals surface area contributed by atoms with Crippen LogP contribution >= 0.6 is 15.9 Å². The van der Waals surface area contributed by atoms with Gasteiger partial charge in [0.2, 0.25) is 0 Å². The summed E-state index contributed by atoms with van der Waals surface area (Å²) in [7, 11) is -3.68. The van der Waals surface area contributed by atoms with Gasteiger partial charge in [0.05, 0.1) is 16.3 Å². The zero-order valence-corrected chi connectivity index (χ0v) is 12.4. The number of aromatic carboxylic acids is 1. The van der Waals surface area contributed by atoms with Crippen LogP contribution in [0.3, 0.4) is 0 Å². The van der Waals surface area contributed by atoms with E-state index in [9.17, 15) is 13.2 Å². The summed E-state index contributed by atoms with van der Waals surface area (Å²) in [5.41, 5.74) is -0.251. The lowest BCUT2D eigenvalue weighted by Gasteiger charge is -2.06. The fourth-order valence-electron chi connectivity index (χ4n) is 1.57. The van der Waals surface area contributed by atoms with Gasteiger partial charge in [-0.05, 0) is 18.2 Å². The Kier molecular flexibility index (Phi) is 4.15. The fourth-order valence-corrected chi connectivity index (χ4v) is 3.47. The summed E-state index contributed by atoms with van der Waals surface area (Å²) >= 11 is 3.19. The van der Waals surface area contributed by atoms with Gasteiger partial charge in [-0.3, -0.25) is 0 Å². The van der Waals surface area contributed by atoms with Crippen LogP contribution in [0.25, 0.3) is 0 Å². The van der Waals surface area contributed by atoms with E-state index in [1.165, 1.54) is 12.1 Å². The number of sulfone groups is 1. The Morgan fingerprint density at radius 2 is 2.10 bits per heavy atom. The Balaban J connectivity index is 2.41. The number of aromatic nitrogens is 2. The maximum Gasteiger partial charge on any atom is 0.339 e. The molecule has 0 aliphatic rings. The molecule has 0 amide bonds. The summed E-state index contributed by atoms with van der Waals surface area (Å²) in [6, 6.07) is 6.19. The van der Waals surface area contributed by atoms with Gasteiger partial charge in [0.15, 0.2) is 9.84 Å². The monoisotopic (exact) mass is 356 g/mol. The molecule has 0 atom stereocenters. The maximum atomic E-state index is 12.3. The number of benzene rings is 1. The molecule has 1 heterocycles. The van der Waals surface area contributed by atoms with Gasteiger partial charge >= 0.3 is 5.97 Å². The topological polar surface area (TPSA) is 97.2 Å². The molecule has 2 aromatic rings. The minimum absolute atomic E-state index is 0.0347. The number of carboxylic acids is 1. The lowest BCUT2D eigenvalue weighted by molar-refractivity contribution is 0.0695. The summed E-state index contributed by atoms with van der Waals surface area (Å²) in [6.45, 7) is 0. The van der Waals surface area contributed by atoms with Crippen LogP contribution < -0.4 is 0 Å². The second-order valence-corrected chi connectivity index (χ2v) is 6.81. The van der Waals surface area contributed by atoms with Crippen molar-refractivity contribution in [1.29, 1.82) is 0 Å². The van der Waals surface area contributed by atoms with Gasteiger partial charge in [0, 0.05) is 10.7 Å². The molecule has 0 spiro atoms. The summed E-state index contributed by atoms with van der Waals surface area (Å²) in [5, 5.41) is 8.99. The molecule has 0 aliphatic heterocycles. The average molecular weight is 357 g/mol. The molecule has 0 radical (unpaired) electrons. The lowest BCUT2D eigenvalue weighted by Crippen LogP contribution is -2.12. The minimum Gasteiger partial charge on any atom is -0.478 e. The number of hydrogen-bond acceptors (Lipinski definition) is 5. The molecule has 1 aromatic heterocycles. The van der Waals surface area contributed by atoms with Gasteiger partial charge in [0.1, 0.15) is 11.9 Å². The number of hydrogen-bond donors (Lipinski definition) is 1. The smallest absolute Gasteiger partial charge is 0.339 e. The number of rotatable bonds is 4. The van der Waals surface area contributed by atoms with E-state index in [0.717, 1.165) is 12.5 Å². The van der Waals surface area contributed by atoms with Gasteiger partial charge < -0.3 is 5.11 Å². The van der Waals surface area contributed by atoms with E-state index in [1.807, 2.05) is 0 Å². The summed E-state index contributed by atoms with van der Waals surface area (Å²) in [4.78, 5) is 18.5. The normalized spacial score (nSPS) is 11.2. The highest BCUT2D eigenvalue weighted by Crippen LogP contribution is 2.20. The van der Waals surface area contributed by atoms with Crippen LogP contribution in [0.2, 0.25) is 0 Å². The van der Waals surface area contributed by atoms with Gasteiger partial charge in [-0.2, -0.15) is 0 Å². The Morgan fingerprint density at radius 3 is 2.75 bits per heavy atom. The van der Waals surface area contributed by atoms with E-state index < -0.39 is 21.6 Å². The molecule has 0 unspecified atom stereocenters. The number of halogens is 1. The highest BCUT2D eigenvalue weighted by Gasteiger charge is 2.21. The second kappa shape index (κ2) is 5.68. The van der Waals surface area contributed by atoms with E-state index in [0.29, 0.717) is 4.47 Å². The molecule has 104 valence electrons. The first kappa shape index (κ1) is 14.6. The summed E-state index contributed by atoms with van der Waals surface area (Å²) in [6.07, 6.45) is 2.21. The molecule has 2 rings (SSSR count). The summed E-state index contributed by atoms with van der Waals surface area (Å²) in [5.74, 6) is -1.75. The van der Waals surface area contributed by atoms with Crippen molar-refractivity contribution in [2.45, 2.75) is 10.6 Å². The molecule has 0 saturated heterocycles. The van der Waals surface area contributed by atoms with Crippen molar-refractivity contribution in [1.82, 2.24) is 9.97 Å². The maximum absolute atomic E-state index is 12.3. The lowest BCUT2D eigenvalue weighted by atomic mass is 10.2. The largest absolute Gasteiger partial charge is 0.478 e. The molecule has 8 heteroatoms. The van der Waals surface area contributed by atoms with E-state index in [-0.39, 0.29) is 16.2 Å². The summed E-state index contributed by atoms with van der Waals surface area (Å²) < 4.78 is 25.1. The van der Waals surface area contributed by atoms with Crippen molar-refractivity contribution >= 4 is 31.7 Å². The van der Waals surface area contributed by atoms with E-state index in [1.54, 1.807) is 12.1 Å². The van der Waals surface area contributed by atoms with Crippen LogP contribution in [0.1, 0.15) is 16.1 Å². The third-order valence-corrected chi connectivity index (χ3v) is 4.63. The highest BCUT2D eigenvalue weighted by atomic mass is 79.9. The Hall–Kier alpha value is -1.80. The third-order valence-electron chi connectivity index (χ3n) is 2.51. The van der Waals surface area contributed by atoms with Crippen LogP contribution in [-0.2, 0) is 15.6 Å². The molecular formula is C12H9BrN2O4S. The molecule has 0 saturated carbocycles. The molecule has 6 nitrogen and oxygen atoms in total. The van der Waals surface area contributed by atoms with E-state index >= 15 is 0 Å². The molecule has 1 N–H and O–H groups in total. The quantitative estimate of drug-likeness (QED) is 0.898. The molecular weight excluding hydrogens is 348 g/mol. The predicted molar refractivity (Wildman–Crippen MR) is 74.0 cm³/mol. The second-order valence-electron chi connectivity index (χ2n) is 3.90. The van der Waals surface area contributed by atoms with Crippen molar-refractivity contribution in [3.8, 4) is 0 Å². The zero-order chi connectivity index (χ0) is 14.8. The molecule has 0 fully saturated rings. The van der Waals surface area contributed by atoms with Crippen LogP contribution in [-0.4, -0.2) is 29.5 Å². The third kappa shape index (κ3) is 3.20. The van der Waals surface area contributed by atoms with Crippen molar-refractivity contribution in [3.63, 3.8) is 0 Å². The van der Waals surface area contributed by atoms with E-state index in [4.69, 9.17) is 5.11 Å². The molecule has 20 heavy (non-hydrogen) atoms. The Labute approximate surface area is 123 Å². The van der Waals surface area contributed by atoms with Gasteiger partial charge in [-0.15, -0.1) is 0 Å². The van der Waals surface area contributed by atoms with Crippen LogP contribution in [0, 0.1) is 0 Å². The van der Waals surface area contributed by atoms with Crippen LogP contribution in [0.5, 0.6) is 0 Å². The average Bonchev–Trinajstić information content (AvgIpc) is 2.38. The first-order valence-corrected chi connectivity index (χ1v) is 7.85. The van der Waals surface area contributed by atoms with Crippen LogP contribution in [0.4, 0.5) is 0 Å². The van der Waals surface area contributed by atoms with Crippen molar-refractivity contribution in [2.24, 2.45) is 0 Å². The number of carboxylic acid groups (broad SMARTS) is 1. The minimum atomic E-state index is -3.68. The van der Waals surface area contributed by atoms with Crippen LogP contribution in [0.15, 0.2) is 46.2 Å². The fraction of sp³-hybridized carbons (Fsp3) is 0.0833. The van der Waals surface area contributed by atoms with E-state index in [2.05, 4.69) is 25.9 Å². The standard InChI is InChI=1S/C12H9BrN2O4S/c13-8-2-1-3-9(4-8)20(18,19)6-11-10(12(16)17)5-14-7-15-11/h1-5,7H,6H2,(H,16,17). The number of nitrogens with zero attached hydrogens (tertiary/aromatic N) is 2. The Bertz CT molecular complexity index is 762. The SMILES string of the molecule is O=C(O)c1cncnc1CS(=O)(=O)c1cccc(Br)c1. The predicted octanol–water partition coefficient (Wildman–Crippen LogP) is 1.91. The first-order chi connectivity index (χ1) is 9.40. The van der Waals surface area contributed by atoms with Gasteiger partial charge in [-0.25, -0.2) is 23.2 Å². The zero-order valence-electron chi connectivity index (χ0n) is 10.0. The molecule has 0 bridgehead atoms. The van der Waals surface area contributed by atoms with Crippen molar-refractivity contribution < 1.29 is 18.3 Å². The number of carbonyl (C=O) groups is 1. The Morgan fingerprint density at radius 1 is 1.35 bits per heavy atom. The molecule has 1 aromatic carbocycles. The van der Waals surface area contributed by atoms with Crippen molar-refractivity contribution in [2.75, 3.05) is 0 Å². The highest BCUT2D eigenvalue weighted by molar-refractivity contribution is 9.10. The molecule has 0 aliphatic carbocycles. The van der Waals surface area contributed by atoms with Gasteiger partial charge in [0.25, 0.3) is 0 Å².